The molecule has 3 heteroatoms. The van der Waals surface area contributed by atoms with Crippen molar-refractivity contribution in [2.45, 2.75) is 13.3 Å². The topological polar surface area (TPSA) is 56.0 Å². The molecule has 0 atom stereocenters. The Balaban J connectivity index is 2.74. The van der Waals surface area contributed by atoms with E-state index in [0.717, 1.165) is 5.69 Å². The van der Waals surface area contributed by atoms with Crippen molar-refractivity contribution in [2.75, 3.05) is 5.73 Å². The van der Waals surface area contributed by atoms with Crippen LogP contribution in [0, 0.1) is 0 Å². The summed E-state index contributed by atoms with van der Waals surface area (Å²) in [6, 6.07) is 3.50. The van der Waals surface area contributed by atoms with Crippen molar-refractivity contribution in [1.29, 1.82) is 0 Å². The number of Topliss-reactive ketones (excluding diaryl/α,β-unsaturated/α-hetero) is 1. The summed E-state index contributed by atoms with van der Waals surface area (Å²) in [6.45, 7) is 1.54. The van der Waals surface area contributed by atoms with Gasteiger partial charge in [-0.15, -0.1) is 0 Å². The Bertz CT molecular complexity index is 253. The highest BCUT2D eigenvalue weighted by molar-refractivity contribution is 5.77. The van der Waals surface area contributed by atoms with Crippen molar-refractivity contribution < 1.29 is 4.79 Å². The van der Waals surface area contributed by atoms with E-state index in [0.29, 0.717) is 12.1 Å². The SMILES string of the molecule is CC(=O)Cc1ccc(N)cn1. The Hall–Kier alpha value is -1.38. The number of carbonyl (C=O) groups is 1. The van der Waals surface area contributed by atoms with Crippen LogP contribution in [0.25, 0.3) is 0 Å². The lowest BCUT2D eigenvalue weighted by molar-refractivity contribution is -0.116. The number of rotatable bonds is 2. The lowest BCUT2D eigenvalue weighted by Gasteiger charge is -1.95. The van der Waals surface area contributed by atoms with E-state index in [1.165, 1.54) is 6.92 Å². The van der Waals surface area contributed by atoms with Gasteiger partial charge in [-0.3, -0.25) is 9.78 Å². The minimum atomic E-state index is 0.113. The molecule has 1 rings (SSSR count). The fourth-order valence-electron chi connectivity index (χ4n) is 0.796. The summed E-state index contributed by atoms with van der Waals surface area (Å²) in [6.07, 6.45) is 1.94. The molecule has 0 amide bonds. The van der Waals surface area contributed by atoms with Crippen LogP contribution in [0.1, 0.15) is 12.6 Å². The molecule has 0 bridgehead atoms. The summed E-state index contributed by atoms with van der Waals surface area (Å²) in [4.78, 5) is 14.6. The first-order valence-electron chi connectivity index (χ1n) is 3.38. The van der Waals surface area contributed by atoms with E-state index in [2.05, 4.69) is 4.98 Å². The standard InChI is InChI=1S/C8H10N2O/c1-6(11)4-8-3-2-7(9)5-10-8/h2-3,5H,4,9H2,1H3. The number of anilines is 1. The largest absolute Gasteiger partial charge is 0.397 e. The number of hydrogen-bond acceptors (Lipinski definition) is 3. The van der Waals surface area contributed by atoms with E-state index in [4.69, 9.17) is 5.73 Å². The van der Waals surface area contributed by atoms with Gasteiger partial charge in [0.15, 0.2) is 0 Å². The van der Waals surface area contributed by atoms with Gasteiger partial charge in [-0.2, -0.15) is 0 Å². The van der Waals surface area contributed by atoms with Crippen LogP contribution in [0.2, 0.25) is 0 Å². The van der Waals surface area contributed by atoms with E-state index >= 15 is 0 Å². The molecule has 0 unspecified atom stereocenters. The molecule has 0 fully saturated rings. The Morgan fingerprint density at radius 1 is 1.64 bits per heavy atom. The maximum absolute atomic E-state index is 10.6. The van der Waals surface area contributed by atoms with Gasteiger partial charge in [0.05, 0.1) is 11.9 Å². The predicted molar refractivity (Wildman–Crippen MR) is 43.0 cm³/mol. The number of hydrogen-bond donors (Lipinski definition) is 1. The minimum absolute atomic E-state index is 0.113. The maximum Gasteiger partial charge on any atom is 0.135 e. The van der Waals surface area contributed by atoms with Crippen LogP contribution in [0.15, 0.2) is 18.3 Å². The van der Waals surface area contributed by atoms with E-state index in [-0.39, 0.29) is 5.78 Å². The zero-order valence-corrected chi connectivity index (χ0v) is 6.37. The molecule has 0 aromatic carbocycles. The number of nitrogens with two attached hydrogens (primary N) is 1. The summed E-state index contributed by atoms with van der Waals surface area (Å²) in [5.74, 6) is 0.113. The van der Waals surface area contributed by atoms with Crippen LogP contribution in [0.4, 0.5) is 5.69 Å². The van der Waals surface area contributed by atoms with Crippen LogP contribution in [-0.2, 0) is 11.2 Å². The Labute approximate surface area is 65.2 Å². The number of carbonyl (C=O) groups excluding carboxylic acids is 1. The number of nitrogens with zero attached hydrogens (tertiary/aromatic N) is 1. The quantitative estimate of drug-likeness (QED) is 0.678. The third-order valence-electron chi connectivity index (χ3n) is 1.28. The first-order valence-corrected chi connectivity index (χ1v) is 3.38. The van der Waals surface area contributed by atoms with Crippen molar-refractivity contribution in [3.05, 3.63) is 24.0 Å². The summed E-state index contributed by atoms with van der Waals surface area (Å²) in [5, 5.41) is 0. The highest BCUT2D eigenvalue weighted by Gasteiger charge is 1.97. The van der Waals surface area contributed by atoms with Gasteiger partial charge in [0, 0.05) is 12.1 Å². The van der Waals surface area contributed by atoms with Crippen LogP contribution in [0.5, 0.6) is 0 Å². The molecule has 0 aliphatic rings. The second kappa shape index (κ2) is 3.14. The molecule has 0 saturated carbocycles. The summed E-state index contributed by atoms with van der Waals surface area (Å²) >= 11 is 0. The molecule has 11 heavy (non-hydrogen) atoms. The molecule has 2 N–H and O–H groups in total. The number of pyridine rings is 1. The van der Waals surface area contributed by atoms with Crippen LogP contribution in [0.3, 0.4) is 0 Å². The van der Waals surface area contributed by atoms with Crippen molar-refractivity contribution in [3.63, 3.8) is 0 Å². The van der Waals surface area contributed by atoms with E-state index < -0.39 is 0 Å². The number of ketones is 1. The average Bonchev–Trinajstić information content (AvgIpc) is 1.93. The summed E-state index contributed by atoms with van der Waals surface area (Å²) < 4.78 is 0. The van der Waals surface area contributed by atoms with Crippen molar-refractivity contribution in [1.82, 2.24) is 4.98 Å². The molecule has 0 aliphatic carbocycles. The predicted octanol–water partition coefficient (Wildman–Crippen LogP) is 0.795. The third-order valence-corrected chi connectivity index (χ3v) is 1.28. The first-order chi connectivity index (χ1) is 5.18. The highest BCUT2D eigenvalue weighted by atomic mass is 16.1. The molecule has 3 nitrogen and oxygen atoms in total. The normalized spacial score (nSPS) is 9.55. The van der Waals surface area contributed by atoms with Gasteiger partial charge >= 0.3 is 0 Å². The Morgan fingerprint density at radius 3 is 2.82 bits per heavy atom. The summed E-state index contributed by atoms with van der Waals surface area (Å²) in [5.41, 5.74) is 6.80. The van der Waals surface area contributed by atoms with Gasteiger partial charge in [0.2, 0.25) is 0 Å². The summed E-state index contributed by atoms with van der Waals surface area (Å²) in [7, 11) is 0. The molecule has 58 valence electrons. The molecular formula is C8H10N2O. The molecule has 1 heterocycles. The molecule has 0 radical (unpaired) electrons. The molecular weight excluding hydrogens is 140 g/mol. The van der Waals surface area contributed by atoms with Gasteiger partial charge in [-0.1, -0.05) is 0 Å². The molecule has 0 saturated heterocycles. The van der Waals surface area contributed by atoms with Crippen LogP contribution >= 0.6 is 0 Å². The van der Waals surface area contributed by atoms with Crippen molar-refractivity contribution in [2.24, 2.45) is 0 Å². The molecule has 0 spiro atoms. The maximum atomic E-state index is 10.6. The number of nitrogen functional groups attached to an aromatic ring is 1. The van der Waals surface area contributed by atoms with Crippen molar-refractivity contribution in [3.8, 4) is 0 Å². The number of aromatic nitrogens is 1. The second-order valence-electron chi connectivity index (χ2n) is 2.46. The minimum Gasteiger partial charge on any atom is -0.397 e. The van der Waals surface area contributed by atoms with E-state index in [1.807, 2.05) is 0 Å². The highest BCUT2D eigenvalue weighted by Crippen LogP contribution is 2.01. The Kier molecular flexibility index (Phi) is 2.21. The van der Waals surface area contributed by atoms with Gasteiger partial charge < -0.3 is 5.73 Å². The average molecular weight is 150 g/mol. The van der Waals surface area contributed by atoms with Crippen molar-refractivity contribution >= 4 is 11.5 Å². The zero-order chi connectivity index (χ0) is 8.27. The molecule has 0 aliphatic heterocycles. The van der Waals surface area contributed by atoms with E-state index in [9.17, 15) is 4.79 Å². The van der Waals surface area contributed by atoms with Crippen LogP contribution in [-0.4, -0.2) is 10.8 Å². The van der Waals surface area contributed by atoms with Crippen LogP contribution < -0.4 is 5.73 Å². The van der Waals surface area contributed by atoms with E-state index in [1.54, 1.807) is 18.3 Å². The van der Waals surface area contributed by atoms with Gasteiger partial charge in [-0.05, 0) is 19.1 Å². The zero-order valence-electron chi connectivity index (χ0n) is 6.37. The Morgan fingerprint density at radius 2 is 2.36 bits per heavy atom. The first kappa shape index (κ1) is 7.72. The molecule has 1 aromatic heterocycles. The van der Waals surface area contributed by atoms with Gasteiger partial charge in [0.1, 0.15) is 5.78 Å². The fraction of sp³-hybridized carbons (Fsp3) is 0.250. The fourth-order valence-corrected chi connectivity index (χ4v) is 0.796. The smallest absolute Gasteiger partial charge is 0.135 e. The van der Waals surface area contributed by atoms with Gasteiger partial charge in [-0.25, -0.2) is 0 Å². The second-order valence-corrected chi connectivity index (χ2v) is 2.46. The van der Waals surface area contributed by atoms with Gasteiger partial charge in [0.25, 0.3) is 0 Å². The lowest BCUT2D eigenvalue weighted by atomic mass is 10.2. The lowest BCUT2D eigenvalue weighted by Crippen LogP contribution is -1.99. The monoisotopic (exact) mass is 150 g/mol. The third kappa shape index (κ3) is 2.37. The molecule has 1 aromatic rings.